The zero-order valence-corrected chi connectivity index (χ0v) is 10.6. The maximum Gasteiger partial charge on any atom is 0.191 e. The maximum atomic E-state index is 14.1. The van der Waals surface area contributed by atoms with Crippen LogP contribution < -0.4 is 0 Å². The van der Waals surface area contributed by atoms with Gasteiger partial charge in [-0.05, 0) is 36.8 Å². The van der Waals surface area contributed by atoms with Crippen LogP contribution in [0.15, 0.2) is 12.5 Å². The quantitative estimate of drug-likeness (QED) is 0.812. The highest BCUT2D eigenvalue weighted by molar-refractivity contribution is 5.45. The summed E-state index contributed by atoms with van der Waals surface area (Å²) in [5, 5.41) is 4.02. The van der Waals surface area contributed by atoms with Crippen LogP contribution in [0.5, 0.6) is 0 Å². The van der Waals surface area contributed by atoms with Crippen LogP contribution in [0.4, 0.5) is 4.39 Å². The molecular formula is C13H18FN3. The van der Waals surface area contributed by atoms with Gasteiger partial charge in [-0.15, -0.1) is 0 Å². The van der Waals surface area contributed by atoms with Gasteiger partial charge in [-0.2, -0.15) is 5.10 Å². The van der Waals surface area contributed by atoms with Crippen molar-refractivity contribution in [3.05, 3.63) is 29.5 Å². The zero-order chi connectivity index (χ0) is 12.4. The topological polar surface area (TPSA) is 30.2 Å². The van der Waals surface area contributed by atoms with Crippen LogP contribution in [0.3, 0.4) is 0 Å². The standard InChI is InChI=1S/C13H18FN3/c1-4-6-10(5-2)11-7-17-13(15-8-16-17)12(14)9(11)3/h7-8,10H,4-6H2,1-3H3. The van der Waals surface area contributed by atoms with Gasteiger partial charge in [0, 0.05) is 6.20 Å². The molecule has 0 aliphatic heterocycles. The summed E-state index contributed by atoms with van der Waals surface area (Å²) in [6.45, 7) is 6.13. The average Bonchev–Trinajstić information content (AvgIpc) is 2.79. The van der Waals surface area contributed by atoms with Gasteiger partial charge < -0.3 is 0 Å². The summed E-state index contributed by atoms with van der Waals surface area (Å²) in [4.78, 5) is 3.93. The Labute approximate surface area is 101 Å². The first-order valence-corrected chi connectivity index (χ1v) is 6.17. The van der Waals surface area contributed by atoms with Crippen LogP contribution >= 0.6 is 0 Å². The van der Waals surface area contributed by atoms with Gasteiger partial charge in [0.05, 0.1) is 0 Å². The lowest BCUT2D eigenvalue weighted by Crippen LogP contribution is -2.06. The van der Waals surface area contributed by atoms with Gasteiger partial charge in [-0.25, -0.2) is 13.9 Å². The van der Waals surface area contributed by atoms with Gasteiger partial charge in [0.15, 0.2) is 11.5 Å². The number of fused-ring (bicyclic) bond motifs is 1. The van der Waals surface area contributed by atoms with Crippen LogP contribution in [0.25, 0.3) is 5.65 Å². The van der Waals surface area contributed by atoms with E-state index in [9.17, 15) is 4.39 Å². The molecule has 0 aromatic carbocycles. The largest absolute Gasteiger partial charge is 0.218 e. The van der Waals surface area contributed by atoms with E-state index in [4.69, 9.17) is 0 Å². The SMILES string of the molecule is CCCC(CC)c1cn2ncnc2c(F)c1C. The molecule has 2 heterocycles. The van der Waals surface area contributed by atoms with Gasteiger partial charge in [0.1, 0.15) is 6.33 Å². The highest BCUT2D eigenvalue weighted by Crippen LogP contribution is 2.29. The molecule has 3 nitrogen and oxygen atoms in total. The van der Waals surface area contributed by atoms with Crippen LogP contribution in [0.2, 0.25) is 0 Å². The molecule has 1 unspecified atom stereocenters. The van der Waals surface area contributed by atoms with Crippen molar-refractivity contribution in [2.24, 2.45) is 0 Å². The average molecular weight is 235 g/mol. The maximum absolute atomic E-state index is 14.1. The Kier molecular flexibility index (Phi) is 3.41. The van der Waals surface area contributed by atoms with E-state index >= 15 is 0 Å². The fraction of sp³-hybridized carbons (Fsp3) is 0.538. The first-order valence-electron chi connectivity index (χ1n) is 6.17. The fourth-order valence-electron chi connectivity index (χ4n) is 2.36. The molecule has 0 aliphatic carbocycles. The molecule has 92 valence electrons. The Bertz CT molecular complexity index is 519. The molecule has 0 saturated heterocycles. The molecule has 2 aromatic rings. The minimum Gasteiger partial charge on any atom is -0.218 e. The summed E-state index contributed by atoms with van der Waals surface area (Å²) < 4.78 is 15.6. The molecule has 0 bridgehead atoms. The Hall–Kier alpha value is -1.45. The van der Waals surface area contributed by atoms with Crippen molar-refractivity contribution in [3.63, 3.8) is 0 Å². The van der Waals surface area contributed by atoms with Crippen LogP contribution in [-0.4, -0.2) is 14.6 Å². The molecule has 2 rings (SSSR count). The number of aromatic nitrogens is 3. The summed E-state index contributed by atoms with van der Waals surface area (Å²) in [7, 11) is 0. The van der Waals surface area contributed by atoms with Gasteiger partial charge in [0.25, 0.3) is 0 Å². The normalized spacial score (nSPS) is 13.2. The van der Waals surface area contributed by atoms with E-state index in [0.29, 0.717) is 17.1 Å². The second-order valence-electron chi connectivity index (χ2n) is 4.45. The highest BCUT2D eigenvalue weighted by Gasteiger charge is 2.17. The molecule has 1 atom stereocenters. The van der Waals surface area contributed by atoms with Crippen LogP contribution in [0.1, 0.15) is 50.2 Å². The third-order valence-corrected chi connectivity index (χ3v) is 3.36. The molecular weight excluding hydrogens is 217 g/mol. The molecule has 0 amide bonds. The van der Waals surface area contributed by atoms with E-state index < -0.39 is 0 Å². The Morgan fingerprint density at radius 2 is 2.18 bits per heavy atom. The third kappa shape index (κ3) is 2.04. The molecule has 0 spiro atoms. The predicted octanol–water partition coefficient (Wildman–Crippen LogP) is 3.47. The van der Waals surface area contributed by atoms with Crippen molar-refractivity contribution < 1.29 is 4.39 Å². The summed E-state index contributed by atoms with van der Waals surface area (Å²) in [6, 6.07) is 0. The number of pyridine rings is 1. The molecule has 0 radical (unpaired) electrons. The number of halogens is 1. The number of rotatable bonds is 4. The van der Waals surface area contributed by atoms with Gasteiger partial charge >= 0.3 is 0 Å². The number of hydrogen-bond donors (Lipinski definition) is 0. The van der Waals surface area contributed by atoms with Crippen molar-refractivity contribution in [2.75, 3.05) is 0 Å². The summed E-state index contributed by atoms with van der Waals surface area (Å²) in [5.41, 5.74) is 2.09. The lowest BCUT2D eigenvalue weighted by Gasteiger charge is -2.17. The van der Waals surface area contributed by atoms with Crippen LogP contribution in [0, 0.1) is 12.7 Å². The van der Waals surface area contributed by atoms with Crippen molar-refractivity contribution in [3.8, 4) is 0 Å². The second kappa shape index (κ2) is 4.82. The number of nitrogens with zero attached hydrogens (tertiary/aromatic N) is 3. The predicted molar refractivity (Wildman–Crippen MR) is 65.6 cm³/mol. The molecule has 17 heavy (non-hydrogen) atoms. The summed E-state index contributed by atoms with van der Waals surface area (Å²) in [5.74, 6) is 0.164. The second-order valence-corrected chi connectivity index (χ2v) is 4.45. The third-order valence-electron chi connectivity index (χ3n) is 3.36. The van der Waals surface area contributed by atoms with Crippen molar-refractivity contribution in [1.29, 1.82) is 0 Å². The molecule has 0 fully saturated rings. The summed E-state index contributed by atoms with van der Waals surface area (Å²) in [6.07, 6.45) is 6.52. The van der Waals surface area contributed by atoms with Crippen molar-refractivity contribution >= 4 is 5.65 Å². The molecule has 0 saturated carbocycles. The first kappa shape index (κ1) is 12.0. The Balaban J connectivity index is 2.56. The van der Waals surface area contributed by atoms with Crippen LogP contribution in [-0.2, 0) is 0 Å². The molecule has 2 aromatic heterocycles. The van der Waals surface area contributed by atoms with E-state index in [2.05, 4.69) is 23.9 Å². The van der Waals surface area contributed by atoms with E-state index in [0.717, 1.165) is 24.8 Å². The Morgan fingerprint density at radius 3 is 2.82 bits per heavy atom. The number of hydrogen-bond acceptors (Lipinski definition) is 2. The smallest absolute Gasteiger partial charge is 0.191 e. The lowest BCUT2D eigenvalue weighted by molar-refractivity contribution is 0.567. The molecule has 0 aliphatic rings. The van der Waals surface area contributed by atoms with Crippen molar-refractivity contribution in [2.45, 2.75) is 46.0 Å². The molecule has 4 heteroatoms. The zero-order valence-electron chi connectivity index (χ0n) is 10.6. The fourth-order valence-corrected chi connectivity index (χ4v) is 2.36. The van der Waals surface area contributed by atoms with E-state index in [-0.39, 0.29) is 5.82 Å². The minimum atomic E-state index is -0.241. The monoisotopic (exact) mass is 235 g/mol. The van der Waals surface area contributed by atoms with Crippen molar-refractivity contribution in [1.82, 2.24) is 14.6 Å². The first-order chi connectivity index (χ1) is 8.19. The van der Waals surface area contributed by atoms with Gasteiger partial charge in [0.2, 0.25) is 0 Å². The van der Waals surface area contributed by atoms with E-state index in [1.807, 2.05) is 13.1 Å². The Morgan fingerprint density at radius 1 is 1.41 bits per heavy atom. The van der Waals surface area contributed by atoms with Gasteiger partial charge in [-0.3, -0.25) is 0 Å². The van der Waals surface area contributed by atoms with E-state index in [1.165, 1.54) is 10.8 Å². The van der Waals surface area contributed by atoms with Gasteiger partial charge in [-0.1, -0.05) is 20.3 Å². The highest BCUT2D eigenvalue weighted by atomic mass is 19.1. The lowest BCUT2D eigenvalue weighted by atomic mass is 9.90. The van der Waals surface area contributed by atoms with E-state index in [1.54, 1.807) is 0 Å². The molecule has 0 N–H and O–H groups in total. The minimum absolute atomic E-state index is 0.241. The summed E-state index contributed by atoms with van der Waals surface area (Å²) >= 11 is 0.